The van der Waals surface area contributed by atoms with Gasteiger partial charge in [0.05, 0.1) is 11.7 Å². The van der Waals surface area contributed by atoms with Gasteiger partial charge in [0.15, 0.2) is 11.4 Å². The first-order valence-electron chi connectivity index (χ1n) is 11.7. The predicted octanol–water partition coefficient (Wildman–Crippen LogP) is 5.94. The lowest BCUT2D eigenvalue weighted by Crippen LogP contribution is -2.21. The molecule has 0 bridgehead atoms. The molecule has 4 rings (SSSR count). The summed E-state index contributed by atoms with van der Waals surface area (Å²) < 4.78 is 34.4. The van der Waals surface area contributed by atoms with E-state index in [-0.39, 0.29) is 23.3 Å². The Kier molecular flexibility index (Phi) is 7.23. The Labute approximate surface area is 197 Å². The van der Waals surface area contributed by atoms with Gasteiger partial charge in [-0.05, 0) is 56.6 Å². The summed E-state index contributed by atoms with van der Waals surface area (Å²) in [5.41, 5.74) is 0.187. The zero-order valence-electron chi connectivity index (χ0n) is 19.6. The second-order valence-corrected chi connectivity index (χ2v) is 8.97. The monoisotopic (exact) mass is 472 g/mol. The maximum Gasteiger partial charge on any atom is 0.284 e. The highest BCUT2D eigenvalue weighted by molar-refractivity contribution is 6.03. The molecule has 1 amide bonds. The number of halogens is 2. The van der Waals surface area contributed by atoms with Crippen molar-refractivity contribution in [2.45, 2.75) is 58.9 Å². The summed E-state index contributed by atoms with van der Waals surface area (Å²) in [6.45, 7) is 7.09. The van der Waals surface area contributed by atoms with Gasteiger partial charge in [-0.25, -0.2) is 18.7 Å². The number of alkyl halides is 2. The molecule has 10 heteroatoms. The zero-order chi connectivity index (χ0) is 24.2. The first-order chi connectivity index (χ1) is 16.4. The van der Waals surface area contributed by atoms with E-state index in [4.69, 9.17) is 4.42 Å². The van der Waals surface area contributed by atoms with Crippen molar-refractivity contribution >= 4 is 17.4 Å². The zero-order valence-corrected chi connectivity index (χ0v) is 19.6. The molecule has 0 unspecified atom stereocenters. The standard InChI is InChI=1S/C24H30F2N6O2/c1-4-27-20-11-16(9-10-28-20)24-30-19(13-34-24)23(33)29-18-12-32(31-21(18)22(25)26)17-7-5-15(6-8-17)14(2)3/h9-15,17,22H,4-8H2,1-3H3,(H,27,28)(H,29,33)/t15-,17-. The molecule has 0 spiro atoms. The van der Waals surface area contributed by atoms with Gasteiger partial charge < -0.3 is 15.1 Å². The largest absolute Gasteiger partial charge is 0.444 e. The summed E-state index contributed by atoms with van der Waals surface area (Å²) in [5, 5.41) is 9.76. The molecule has 1 aliphatic rings. The second-order valence-electron chi connectivity index (χ2n) is 8.97. The van der Waals surface area contributed by atoms with Gasteiger partial charge in [-0.15, -0.1) is 0 Å². The van der Waals surface area contributed by atoms with E-state index in [1.807, 2.05) is 6.92 Å². The number of hydrogen-bond acceptors (Lipinski definition) is 6. The number of carbonyl (C=O) groups excluding carboxylic acids is 1. The van der Waals surface area contributed by atoms with E-state index in [2.05, 4.69) is 39.5 Å². The minimum absolute atomic E-state index is 0.00567. The lowest BCUT2D eigenvalue weighted by atomic mass is 9.80. The average Bonchev–Trinajstić information content (AvgIpc) is 3.48. The summed E-state index contributed by atoms with van der Waals surface area (Å²) in [4.78, 5) is 21.2. The van der Waals surface area contributed by atoms with E-state index < -0.39 is 18.0 Å². The van der Waals surface area contributed by atoms with Gasteiger partial charge in [-0.1, -0.05) is 13.8 Å². The summed E-state index contributed by atoms with van der Waals surface area (Å²) in [7, 11) is 0. The van der Waals surface area contributed by atoms with Crippen molar-refractivity contribution in [3.8, 4) is 11.5 Å². The highest BCUT2D eigenvalue weighted by Gasteiger charge is 2.28. The van der Waals surface area contributed by atoms with Gasteiger partial charge in [0.1, 0.15) is 12.1 Å². The number of nitrogens with one attached hydrogen (secondary N) is 2. The summed E-state index contributed by atoms with van der Waals surface area (Å²) in [6, 6.07) is 3.51. The van der Waals surface area contributed by atoms with Gasteiger partial charge >= 0.3 is 0 Å². The Morgan fingerprint density at radius 3 is 2.71 bits per heavy atom. The van der Waals surface area contributed by atoms with Crippen molar-refractivity contribution in [3.63, 3.8) is 0 Å². The average molecular weight is 473 g/mol. The van der Waals surface area contributed by atoms with Crippen LogP contribution in [-0.2, 0) is 0 Å². The van der Waals surface area contributed by atoms with Crippen molar-refractivity contribution in [2.75, 3.05) is 17.2 Å². The Balaban J connectivity index is 1.48. The van der Waals surface area contributed by atoms with Crippen LogP contribution in [0.3, 0.4) is 0 Å². The predicted molar refractivity (Wildman–Crippen MR) is 125 cm³/mol. The van der Waals surface area contributed by atoms with E-state index in [0.717, 1.165) is 25.7 Å². The molecular weight excluding hydrogens is 442 g/mol. The molecule has 2 N–H and O–H groups in total. The molecule has 3 aromatic rings. The van der Waals surface area contributed by atoms with Crippen molar-refractivity contribution in [2.24, 2.45) is 11.8 Å². The number of anilines is 2. The number of carbonyl (C=O) groups is 1. The number of hydrogen-bond donors (Lipinski definition) is 2. The molecule has 0 atom stereocenters. The van der Waals surface area contributed by atoms with E-state index >= 15 is 0 Å². The SMILES string of the molecule is CCNc1cc(-c2nc(C(=O)Nc3cn([C@H]4CC[C@H](C(C)C)CC4)nc3C(F)F)co2)ccn1. The lowest BCUT2D eigenvalue weighted by molar-refractivity contribution is 0.102. The van der Waals surface area contributed by atoms with E-state index in [0.29, 0.717) is 29.8 Å². The number of oxazole rings is 1. The normalized spacial score (nSPS) is 18.4. The second kappa shape index (κ2) is 10.3. The Morgan fingerprint density at radius 2 is 2.03 bits per heavy atom. The number of amides is 1. The van der Waals surface area contributed by atoms with Crippen molar-refractivity contribution in [1.82, 2.24) is 19.7 Å². The van der Waals surface area contributed by atoms with Crippen LogP contribution in [0.5, 0.6) is 0 Å². The van der Waals surface area contributed by atoms with Crippen molar-refractivity contribution in [1.29, 1.82) is 0 Å². The Morgan fingerprint density at radius 1 is 1.26 bits per heavy atom. The molecule has 0 saturated heterocycles. The van der Waals surface area contributed by atoms with E-state index in [1.165, 1.54) is 12.5 Å². The van der Waals surface area contributed by atoms with Gasteiger partial charge in [0.2, 0.25) is 5.89 Å². The molecule has 182 valence electrons. The summed E-state index contributed by atoms with van der Waals surface area (Å²) in [6.07, 6.45) is 5.36. The minimum atomic E-state index is -2.81. The van der Waals surface area contributed by atoms with Crippen LogP contribution in [0.2, 0.25) is 0 Å². The maximum absolute atomic E-state index is 13.7. The first-order valence-corrected chi connectivity index (χ1v) is 11.7. The van der Waals surface area contributed by atoms with Gasteiger partial charge in [-0.3, -0.25) is 9.48 Å². The lowest BCUT2D eigenvalue weighted by Gasteiger charge is -2.30. The summed E-state index contributed by atoms with van der Waals surface area (Å²) in [5.74, 6) is 1.51. The van der Waals surface area contributed by atoms with Crippen LogP contribution in [-0.4, -0.2) is 32.2 Å². The molecule has 1 saturated carbocycles. The fraction of sp³-hybridized carbons (Fsp3) is 0.500. The van der Waals surface area contributed by atoms with Crippen LogP contribution in [0, 0.1) is 11.8 Å². The topological polar surface area (TPSA) is 97.9 Å². The number of aromatic nitrogens is 4. The first kappa shape index (κ1) is 23.8. The third kappa shape index (κ3) is 5.26. The molecule has 0 radical (unpaired) electrons. The molecule has 1 fully saturated rings. The molecule has 1 aliphatic carbocycles. The fourth-order valence-corrected chi connectivity index (χ4v) is 4.42. The highest BCUT2D eigenvalue weighted by Crippen LogP contribution is 2.37. The summed E-state index contributed by atoms with van der Waals surface area (Å²) >= 11 is 0. The molecule has 8 nitrogen and oxygen atoms in total. The van der Waals surface area contributed by atoms with Gasteiger partial charge in [0, 0.05) is 24.5 Å². The highest BCUT2D eigenvalue weighted by atomic mass is 19.3. The molecule has 0 aliphatic heterocycles. The number of pyridine rings is 1. The maximum atomic E-state index is 13.7. The molecule has 3 heterocycles. The van der Waals surface area contributed by atoms with Crippen LogP contribution in [0.4, 0.5) is 20.3 Å². The molecule has 34 heavy (non-hydrogen) atoms. The third-order valence-corrected chi connectivity index (χ3v) is 6.38. The van der Waals surface area contributed by atoms with Crippen LogP contribution in [0.15, 0.2) is 35.2 Å². The van der Waals surface area contributed by atoms with Crippen molar-refractivity contribution in [3.05, 3.63) is 42.2 Å². The van der Waals surface area contributed by atoms with Crippen LogP contribution < -0.4 is 10.6 Å². The Bertz CT molecular complexity index is 1120. The van der Waals surface area contributed by atoms with Crippen LogP contribution >= 0.6 is 0 Å². The molecule has 0 aromatic carbocycles. The van der Waals surface area contributed by atoms with Crippen LogP contribution in [0.1, 0.15) is 75.1 Å². The van der Waals surface area contributed by atoms with Gasteiger partial charge in [-0.2, -0.15) is 5.10 Å². The molecular formula is C24H30F2N6O2. The quantitative estimate of drug-likeness (QED) is 0.421. The van der Waals surface area contributed by atoms with Gasteiger partial charge in [0.25, 0.3) is 12.3 Å². The fourth-order valence-electron chi connectivity index (χ4n) is 4.42. The van der Waals surface area contributed by atoms with Crippen molar-refractivity contribution < 1.29 is 18.0 Å². The third-order valence-electron chi connectivity index (χ3n) is 6.38. The van der Waals surface area contributed by atoms with E-state index in [1.54, 1.807) is 23.0 Å². The van der Waals surface area contributed by atoms with E-state index in [9.17, 15) is 13.6 Å². The molecule has 3 aromatic heterocycles. The Hall–Kier alpha value is -3.30. The smallest absolute Gasteiger partial charge is 0.284 e. The minimum Gasteiger partial charge on any atom is -0.444 e. The number of nitrogens with zero attached hydrogens (tertiary/aromatic N) is 4. The number of rotatable bonds is 8. The van der Waals surface area contributed by atoms with Crippen LogP contribution in [0.25, 0.3) is 11.5 Å².